The van der Waals surface area contributed by atoms with Gasteiger partial charge in [0.2, 0.25) is 5.91 Å². The number of thiocarbonyl (C=S) groups is 1. The summed E-state index contributed by atoms with van der Waals surface area (Å²) in [7, 11) is -3.24. The maximum atomic E-state index is 12.4. The molecule has 0 saturated carbocycles. The molecule has 0 radical (unpaired) electrons. The fourth-order valence-electron chi connectivity index (χ4n) is 2.20. The molecule has 2 aliphatic rings. The van der Waals surface area contributed by atoms with Crippen molar-refractivity contribution in [2.45, 2.75) is 6.04 Å². The Morgan fingerprint density at radius 3 is 2.92 bits per heavy atom. The lowest BCUT2D eigenvalue weighted by molar-refractivity contribution is -0.128. The molecule has 1 aromatic heterocycles. The second-order valence-corrected chi connectivity index (χ2v) is 9.70. The maximum absolute atomic E-state index is 12.4. The van der Waals surface area contributed by atoms with Crippen molar-refractivity contribution < 1.29 is 18.0 Å². The molecule has 2 aliphatic heterocycles. The standard InChI is InChI=1S/C14H12N2O4S4/c17-12(15-9-3-5-24(19,20)8-9)7-16-13(18)11(23-14(16)21)6-10-2-1-4-22-10/h1-6,9H,7-8H2,(H,15,17)/b11-6-/t9-/m0/s1. The molecule has 10 heteroatoms. The molecular weight excluding hydrogens is 388 g/mol. The van der Waals surface area contributed by atoms with Gasteiger partial charge in [0.25, 0.3) is 5.91 Å². The van der Waals surface area contributed by atoms with E-state index in [1.165, 1.54) is 22.3 Å². The van der Waals surface area contributed by atoms with Crippen LogP contribution in [-0.2, 0) is 19.4 Å². The number of rotatable bonds is 4. The number of amides is 2. The Morgan fingerprint density at radius 2 is 2.29 bits per heavy atom. The molecule has 1 atom stereocenters. The SMILES string of the molecule is O=C(CN1C(=O)/C(=C/c2cccs2)SC1=S)N[C@H]1C=CS(=O)(=O)C1. The average Bonchev–Trinajstić information content (AvgIpc) is 3.17. The third-order valence-electron chi connectivity index (χ3n) is 3.27. The third kappa shape index (κ3) is 3.94. The third-order valence-corrected chi connectivity index (χ3v) is 6.86. The predicted molar refractivity (Wildman–Crippen MR) is 99.1 cm³/mol. The number of thioether (sulfide) groups is 1. The first-order chi connectivity index (χ1) is 11.3. The monoisotopic (exact) mass is 400 g/mol. The molecule has 3 heterocycles. The summed E-state index contributed by atoms with van der Waals surface area (Å²) in [5, 5.41) is 5.57. The Hall–Kier alpha value is -1.49. The topological polar surface area (TPSA) is 83.6 Å². The van der Waals surface area contributed by atoms with Crippen LogP contribution in [-0.4, -0.2) is 47.8 Å². The van der Waals surface area contributed by atoms with Crippen LogP contribution in [0.1, 0.15) is 4.88 Å². The summed E-state index contributed by atoms with van der Waals surface area (Å²) >= 11 is 7.82. The summed E-state index contributed by atoms with van der Waals surface area (Å²) < 4.78 is 23.0. The lowest BCUT2D eigenvalue weighted by atomic mass is 10.3. The van der Waals surface area contributed by atoms with Gasteiger partial charge in [-0.05, 0) is 23.6 Å². The van der Waals surface area contributed by atoms with E-state index in [2.05, 4.69) is 5.32 Å². The van der Waals surface area contributed by atoms with E-state index in [-0.39, 0.29) is 18.2 Å². The van der Waals surface area contributed by atoms with Gasteiger partial charge in [0, 0.05) is 10.3 Å². The number of carbonyl (C=O) groups excluding carboxylic acids is 2. The highest BCUT2D eigenvalue weighted by Crippen LogP contribution is 2.33. The summed E-state index contributed by atoms with van der Waals surface area (Å²) in [5.74, 6) is -0.923. The van der Waals surface area contributed by atoms with Crippen LogP contribution >= 0.6 is 35.3 Å². The Kier molecular flexibility index (Phi) is 4.90. The van der Waals surface area contributed by atoms with Crippen LogP contribution < -0.4 is 5.32 Å². The van der Waals surface area contributed by atoms with E-state index in [0.717, 1.165) is 22.0 Å². The minimum Gasteiger partial charge on any atom is -0.347 e. The molecular formula is C14H12N2O4S4. The summed E-state index contributed by atoms with van der Waals surface area (Å²) in [6, 6.07) is 3.20. The van der Waals surface area contributed by atoms with Gasteiger partial charge in [-0.25, -0.2) is 8.42 Å². The van der Waals surface area contributed by atoms with Gasteiger partial charge in [0.1, 0.15) is 10.9 Å². The molecule has 3 rings (SSSR count). The first-order valence-electron chi connectivity index (χ1n) is 6.83. The Balaban J connectivity index is 1.63. The first kappa shape index (κ1) is 17.3. The number of hydrogen-bond acceptors (Lipinski definition) is 7. The second kappa shape index (κ2) is 6.79. The lowest BCUT2D eigenvalue weighted by Gasteiger charge is -2.16. The molecule has 1 N–H and O–H groups in total. The molecule has 6 nitrogen and oxygen atoms in total. The number of nitrogens with zero attached hydrogens (tertiary/aromatic N) is 1. The first-order valence-corrected chi connectivity index (χ1v) is 10.7. The molecule has 0 aliphatic carbocycles. The molecule has 0 spiro atoms. The summed E-state index contributed by atoms with van der Waals surface area (Å²) in [5.41, 5.74) is 0. The zero-order chi connectivity index (χ0) is 17.3. The maximum Gasteiger partial charge on any atom is 0.266 e. The minimum atomic E-state index is -3.24. The fraction of sp³-hybridized carbons (Fsp3) is 0.214. The smallest absolute Gasteiger partial charge is 0.266 e. The van der Waals surface area contributed by atoms with Crippen LogP contribution in [0, 0.1) is 0 Å². The van der Waals surface area contributed by atoms with Crippen molar-refractivity contribution in [1.29, 1.82) is 0 Å². The predicted octanol–water partition coefficient (Wildman–Crippen LogP) is 1.38. The Bertz CT molecular complexity index is 855. The van der Waals surface area contributed by atoms with Crippen LogP contribution in [0.25, 0.3) is 6.08 Å². The Labute approximate surface area is 152 Å². The number of hydrogen-bond donors (Lipinski definition) is 1. The largest absolute Gasteiger partial charge is 0.347 e. The number of thiophene rings is 1. The van der Waals surface area contributed by atoms with Crippen molar-refractivity contribution in [1.82, 2.24) is 10.2 Å². The normalized spacial score (nSPS) is 24.1. The van der Waals surface area contributed by atoms with Crippen LogP contribution in [0.3, 0.4) is 0 Å². The summed E-state index contributed by atoms with van der Waals surface area (Å²) in [4.78, 5) is 27.1. The van der Waals surface area contributed by atoms with E-state index in [1.54, 1.807) is 6.08 Å². The summed E-state index contributed by atoms with van der Waals surface area (Å²) in [6.45, 7) is -0.225. The summed E-state index contributed by atoms with van der Waals surface area (Å²) in [6.07, 6.45) is 3.17. The molecule has 0 bridgehead atoms. The van der Waals surface area contributed by atoms with Gasteiger partial charge < -0.3 is 5.32 Å². The Morgan fingerprint density at radius 1 is 1.50 bits per heavy atom. The highest BCUT2D eigenvalue weighted by molar-refractivity contribution is 8.26. The van der Waals surface area contributed by atoms with Gasteiger partial charge in [0.05, 0.1) is 16.7 Å². The van der Waals surface area contributed by atoms with E-state index in [0.29, 0.717) is 9.23 Å². The van der Waals surface area contributed by atoms with Crippen molar-refractivity contribution in [3.63, 3.8) is 0 Å². The minimum absolute atomic E-state index is 0.157. The van der Waals surface area contributed by atoms with E-state index in [9.17, 15) is 18.0 Å². The number of sulfone groups is 1. The van der Waals surface area contributed by atoms with Gasteiger partial charge >= 0.3 is 0 Å². The zero-order valence-corrected chi connectivity index (χ0v) is 15.4. The van der Waals surface area contributed by atoms with Crippen LogP contribution in [0.15, 0.2) is 33.9 Å². The van der Waals surface area contributed by atoms with Crippen LogP contribution in [0.5, 0.6) is 0 Å². The van der Waals surface area contributed by atoms with Crippen molar-refractivity contribution in [2.24, 2.45) is 0 Å². The van der Waals surface area contributed by atoms with Gasteiger partial charge in [0.15, 0.2) is 9.84 Å². The molecule has 1 aromatic rings. The van der Waals surface area contributed by atoms with Gasteiger partial charge in [-0.15, -0.1) is 11.3 Å². The van der Waals surface area contributed by atoms with Crippen molar-refractivity contribution in [3.05, 3.63) is 38.8 Å². The lowest BCUT2D eigenvalue weighted by Crippen LogP contribution is -2.43. The van der Waals surface area contributed by atoms with E-state index in [4.69, 9.17) is 12.2 Å². The molecule has 1 saturated heterocycles. The number of carbonyl (C=O) groups is 2. The highest BCUT2D eigenvalue weighted by Gasteiger charge is 2.34. The average molecular weight is 401 g/mol. The number of nitrogens with one attached hydrogen (secondary N) is 1. The van der Waals surface area contributed by atoms with E-state index in [1.807, 2.05) is 17.5 Å². The molecule has 24 heavy (non-hydrogen) atoms. The van der Waals surface area contributed by atoms with E-state index < -0.39 is 21.8 Å². The van der Waals surface area contributed by atoms with E-state index >= 15 is 0 Å². The van der Waals surface area contributed by atoms with Crippen LogP contribution in [0.4, 0.5) is 0 Å². The molecule has 0 unspecified atom stereocenters. The molecule has 1 fully saturated rings. The van der Waals surface area contributed by atoms with Crippen molar-refractivity contribution >= 4 is 67.4 Å². The van der Waals surface area contributed by atoms with Gasteiger partial charge in [-0.3, -0.25) is 14.5 Å². The van der Waals surface area contributed by atoms with Crippen molar-refractivity contribution in [3.8, 4) is 0 Å². The van der Waals surface area contributed by atoms with Gasteiger partial charge in [-0.2, -0.15) is 0 Å². The fourth-order valence-corrected chi connectivity index (χ4v) is 5.41. The quantitative estimate of drug-likeness (QED) is 0.607. The molecule has 2 amide bonds. The van der Waals surface area contributed by atoms with Crippen molar-refractivity contribution in [2.75, 3.05) is 12.3 Å². The second-order valence-electron chi connectivity index (χ2n) is 5.12. The zero-order valence-electron chi connectivity index (χ0n) is 12.2. The highest BCUT2D eigenvalue weighted by atomic mass is 32.2. The van der Waals surface area contributed by atoms with Crippen LogP contribution in [0.2, 0.25) is 0 Å². The molecule has 126 valence electrons. The van der Waals surface area contributed by atoms with Gasteiger partial charge in [-0.1, -0.05) is 30.0 Å². The molecule has 0 aromatic carbocycles.